The maximum Gasteiger partial charge on any atom is 0.258 e. The highest BCUT2D eigenvalue weighted by atomic mass is 32.1. The topological polar surface area (TPSA) is 62.7 Å². The maximum absolute atomic E-state index is 13.1. The van der Waals surface area contributed by atoms with Crippen molar-refractivity contribution in [2.24, 2.45) is 0 Å². The van der Waals surface area contributed by atoms with E-state index in [-0.39, 0.29) is 5.78 Å². The molecule has 0 radical (unpaired) electrons. The fourth-order valence-electron chi connectivity index (χ4n) is 5.64. The van der Waals surface area contributed by atoms with Crippen molar-refractivity contribution in [2.75, 3.05) is 19.6 Å². The van der Waals surface area contributed by atoms with E-state index in [4.69, 9.17) is 4.43 Å². The zero-order chi connectivity index (χ0) is 25.3. The second-order valence-corrected chi connectivity index (χ2v) is 17.5. The fraction of sp³-hybridized carbons (Fsp3) is 0.630. The lowest BCUT2D eigenvalue weighted by Gasteiger charge is -2.42. The Bertz CT molecular complexity index is 972. The summed E-state index contributed by atoms with van der Waals surface area (Å²) >= 11 is 1.56. The highest BCUT2D eigenvalue weighted by molar-refractivity contribution is 7.11. The maximum atomic E-state index is 13.1. The van der Waals surface area contributed by atoms with Gasteiger partial charge < -0.3 is 9.53 Å². The van der Waals surface area contributed by atoms with E-state index in [0.717, 1.165) is 26.8 Å². The van der Waals surface area contributed by atoms with Crippen LogP contribution in [0.3, 0.4) is 0 Å². The van der Waals surface area contributed by atoms with Crippen LogP contribution in [0.4, 0.5) is 0 Å². The number of hydrogen-bond donors (Lipinski definition) is 1. The molecule has 0 spiro atoms. The Morgan fingerprint density at radius 2 is 1.71 bits per heavy atom. The van der Waals surface area contributed by atoms with Crippen LogP contribution in [0.5, 0.6) is 5.75 Å². The predicted molar refractivity (Wildman–Crippen MR) is 144 cm³/mol. The first kappa shape index (κ1) is 27.1. The summed E-state index contributed by atoms with van der Waals surface area (Å²) in [6.45, 7) is 19.5. The number of ketones is 1. The summed E-state index contributed by atoms with van der Waals surface area (Å²) in [4.78, 5) is 20.7. The Labute approximate surface area is 210 Å². The van der Waals surface area contributed by atoms with Crippen molar-refractivity contribution in [1.29, 1.82) is 0 Å². The summed E-state index contributed by atoms with van der Waals surface area (Å²) < 4.78 is 6.85. The molecule has 1 aliphatic rings. The fourth-order valence-corrected chi connectivity index (χ4v) is 11.9. The van der Waals surface area contributed by atoms with Crippen LogP contribution >= 0.6 is 11.3 Å². The summed E-state index contributed by atoms with van der Waals surface area (Å²) in [7, 11) is -2.04. The van der Waals surface area contributed by atoms with Crippen LogP contribution in [0, 0.1) is 13.8 Å². The molecule has 0 amide bonds. The number of Topliss-reactive ketones (excluding diaryl/α,β-unsaturated/α-hetero) is 1. The summed E-state index contributed by atoms with van der Waals surface area (Å²) in [6.07, 6.45) is 3.02. The lowest BCUT2D eigenvalue weighted by molar-refractivity contribution is -0.0246. The Kier molecular flexibility index (Phi) is 8.44. The number of piperidine rings is 1. The van der Waals surface area contributed by atoms with Crippen molar-refractivity contribution < 1.29 is 14.3 Å². The van der Waals surface area contributed by atoms with Gasteiger partial charge in [0.1, 0.15) is 16.4 Å². The minimum Gasteiger partial charge on any atom is -0.543 e. The third kappa shape index (κ3) is 5.48. The summed E-state index contributed by atoms with van der Waals surface area (Å²) in [5.74, 6) is 1.03. The molecule has 0 bridgehead atoms. The zero-order valence-corrected chi connectivity index (χ0v) is 24.0. The van der Waals surface area contributed by atoms with E-state index < -0.39 is 13.9 Å². The van der Waals surface area contributed by atoms with Gasteiger partial charge in [-0.2, -0.15) is 0 Å². The van der Waals surface area contributed by atoms with Crippen molar-refractivity contribution in [3.8, 4) is 5.75 Å². The molecule has 1 saturated heterocycles. The molecule has 1 aromatic heterocycles. The molecule has 7 heteroatoms. The molecule has 34 heavy (non-hydrogen) atoms. The highest BCUT2D eigenvalue weighted by Crippen LogP contribution is 2.43. The molecule has 0 unspecified atom stereocenters. The standard InChI is InChI=1S/C27H42N2O3SSi/c1-18(2)34(19(3)4,20(5)6)32-25-10-9-23(15-21(25)7)24(30)17-29-13-11-27(31,12-14-29)26-28-16-22(8)33-26/h9-10,15-16,18-20,31H,11-14,17H2,1-8H3. The van der Waals surface area contributed by atoms with Crippen LogP contribution in [-0.2, 0) is 5.60 Å². The number of nitrogens with zero attached hydrogens (tertiary/aromatic N) is 2. The minimum atomic E-state index is -2.04. The van der Waals surface area contributed by atoms with Crippen LogP contribution < -0.4 is 4.43 Å². The first-order valence-corrected chi connectivity index (χ1v) is 15.5. The number of rotatable bonds is 9. The average molecular weight is 503 g/mol. The molecule has 0 saturated carbocycles. The molecule has 188 valence electrons. The molecule has 0 aliphatic carbocycles. The molecule has 1 aromatic carbocycles. The van der Waals surface area contributed by atoms with Crippen LogP contribution in [0.15, 0.2) is 24.4 Å². The Morgan fingerprint density at radius 3 is 2.18 bits per heavy atom. The number of carbonyl (C=O) groups is 1. The quantitative estimate of drug-likeness (QED) is 0.314. The van der Waals surface area contributed by atoms with Crippen LogP contribution in [0.1, 0.15) is 80.2 Å². The van der Waals surface area contributed by atoms with E-state index in [1.54, 1.807) is 11.3 Å². The minimum absolute atomic E-state index is 0.116. The van der Waals surface area contributed by atoms with Gasteiger partial charge in [-0.1, -0.05) is 41.5 Å². The van der Waals surface area contributed by atoms with Gasteiger partial charge in [-0.15, -0.1) is 11.3 Å². The largest absolute Gasteiger partial charge is 0.543 e. The second kappa shape index (κ2) is 10.6. The van der Waals surface area contributed by atoms with Crippen molar-refractivity contribution >= 4 is 25.4 Å². The lowest BCUT2D eigenvalue weighted by Crippen LogP contribution is -2.50. The first-order chi connectivity index (χ1) is 15.9. The van der Waals surface area contributed by atoms with E-state index in [9.17, 15) is 9.90 Å². The summed E-state index contributed by atoms with van der Waals surface area (Å²) in [5.41, 5.74) is 2.38. The second-order valence-electron chi connectivity index (χ2n) is 10.9. The Morgan fingerprint density at radius 1 is 1.12 bits per heavy atom. The van der Waals surface area contributed by atoms with Gasteiger partial charge in [0.25, 0.3) is 8.32 Å². The van der Waals surface area contributed by atoms with Crippen LogP contribution in [-0.4, -0.2) is 48.7 Å². The molecule has 5 nitrogen and oxygen atoms in total. The molecule has 1 aliphatic heterocycles. The Hall–Kier alpha value is -1.54. The molecule has 3 rings (SSSR count). The van der Waals surface area contributed by atoms with Gasteiger partial charge in [-0.3, -0.25) is 9.69 Å². The normalized spacial score (nSPS) is 17.1. The van der Waals surface area contributed by atoms with Gasteiger partial charge in [-0.25, -0.2) is 4.98 Å². The van der Waals surface area contributed by atoms with Crippen molar-refractivity contribution in [1.82, 2.24) is 9.88 Å². The number of thiazole rings is 1. The molecular formula is C27H42N2O3SSi. The number of aliphatic hydroxyl groups is 1. The van der Waals surface area contributed by atoms with Gasteiger partial charge in [0.05, 0.1) is 6.54 Å². The number of benzene rings is 1. The number of hydrogen-bond acceptors (Lipinski definition) is 6. The van der Waals surface area contributed by atoms with Gasteiger partial charge in [0.2, 0.25) is 0 Å². The van der Waals surface area contributed by atoms with E-state index >= 15 is 0 Å². The van der Waals surface area contributed by atoms with Gasteiger partial charge >= 0.3 is 0 Å². The van der Waals surface area contributed by atoms with E-state index in [1.165, 1.54) is 0 Å². The van der Waals surface area contributed by atoms with Crippen LogP contribution in [0.25, 0.3) is 0 Å². The molecule has 1 N–H and O–H groups in total. The summed E-state index contributed by atoms with van der Waals surface area (Å²) in [6, 6.07) is 5.90. The number of aromatic nitrogens is 1. The number of likely N-dealkylation sites (tertiary alicyclic amines) is 1. The van der Waals surface area contributed by atoms with Crippen molar-refractivity contribution in [3.63, 3.8) is 0 Å². The number of aryl methyl sites for hydroxylation is 2. The molecule has 2 heterocycles. The molecule has 1 fully saturated rings. The molecule has 0 atom stereocenters. The average Bonchev–Trinajstić information content (AvgIpc) is 3.21. The molecule has 2 aromatic rings. The monoisotopic (exact) mass is 502 g/mol. The van der Waals surface area contributed by atoms with E-state index in [2.05, 4.69) is 51.4 Å². The Balaban J connectivity index is 1.66. The third-order valence-electron chi connectivity index (χ3n) is 7.56. The predicted octanol–water partition coefficient (Wildman–Crippen LogP) is 6.48. The van der Waals surface area contributed by atoms with Gasteiger partial charge in [0, 0.05) is 29.7 Å². The van der Waals surface area contributed by atoms with Crippen molar-refractivity contribution in [3.05, 3.63) is 45.4 Å². The smallest absolute Gasteiger partial charge is 0.258 e. The summed E-state index contributed by atoms with van der Waals surface area (Å²) in [5, 5.41) is 11.8. The first-order valence-electron chi connectivity index (χ1n) is 12.6. The van der Waals surface area contributed by atoms with Crippen molar-refractivity contribution in [2.45, 2.75) is 90.5 Å². The van der Waals surface area contributed by atoms with E-state index in [0.29, 0.717) is 49.1 Å². The third-order valence-corrected chi connectivity index (χ3v) is 14.7. The number of carbonyl (C=O) groups excluding carboxylic acids is 1. The van der Waals surface area contributed by atoms with Crippen LogP contribution in [0.2, 0.25) is 16.6 Å². The highest BCUT2D eigenvalue weighted by Gasteiger charge is 2.47. The lowest BCUT2D eigenvalue weighted by atomic mass is 9.92. The van der Waals surface area contributed by atoms with Gasteiger partial charge in [-0.05, 0) is 67.1 Å². The molecular weight excluding hydrogens is 460 g/mol. The SMILES string of the molecule is Cc1cnc(C2(O)CCN(CC(=O)c3ccc(O[Si](C(C)C)(C(C)C)C(C)C)c(C)c3)CC2)s1. The van der Waals surface area contributed by atoms with Gasteiger partial charge in [0.15, 0.2) is 5.78 Å². The van der Waals surface area contributed by atoms with E-state index in [1.807, 2.05) is 38.2 Å². The zero-order valence-electron chi connectivity index (χ0n) is 22.1.